The second kappa shape index (κ2) is 8.25. The molecule has 0 aliphatic heterocycles. The van der Waals surface area contributed by atoms with Crippen LogP contribution in [0.2, 0.25) is 0 Å². The molecular formula is C11H20N2W. The van der Waals surface area contributed by atoms with Crippen molar-refractivity contribution in [1.82, 2.24) is 4.57 Å². The molecule has 0 radical (unpaired) electrons. The van der Waals surface area contributed by atoms with Gasteiger partial charge >= 0.3 is 21.1 Å². The third-order valence-electron chi connectivity index (χ3n) is 2.04. The van der Waals surface area contributed by atoms with Gasteiger partial charge in [0.05, 0.1) is 0 Å². The van der Waals surface area contributed by atoms with E-state index in [0.717, 1.165) is 6.54 Å². The zero-order valence-corrected chi connectivity index (χ0v) is 12.9. The summed E-state index contributed by atoms with van der Waals surface area (Å²) in [6, 6.07) is 3.29. The maximum atomic E-state index is 3.50. The molecule has 80 valence electrons. The summed E-state index contributed by atoms with van der Waals surface area (Å²) in [5.74, 6) is 0. The van der Waals surface area contributed by atoms with Crippen molar-refractivity contribution in [2.24, 2.45) is 0 Å². The molecule has 0 aliphatic carbocycles. The summed E-state index contributed by atoms with van der Waals surface area (Å²) in [5, 5.41) is 3.50. The molecule has 3 heteroatoms. The molecule has 0 aliphatic rings. The van der Waals surface area contributed by atoms with Gasteiger partial charge in [0.2, 0.25) is 0 Å². The molecule has 1 heterocycles. The van der Waals surface area contributed by atoms with E-state index in [1.165, 1.54) is 17.0 Å². The van der Waals surface area contributed by atoms with Crippen LogP contribution in [0.3, 0.4) is 0 Å². The van der Waals surface area contributed by atoms with E-state index >= 15 is 0 Å². The number of aromatic nitrogens is 1. The summed E-state index contributed by atoms with van der Waals surface area (Å²) in [4.78, 5) is 0. The van der Waals surface area contributed by atoms with Gasteiger partial charge in [-0.2, -0.15) is 14.1 Å². The molecule has 1 rings (SSSR count). The molecule has 1 aromatic rings. The zero-order chi connectivity index (χ0) is 10.4. The summed E-state index contributed by atoms with van der Waals surface area (Å²) in [6.45, 7) is 9.57. The predicted molar refractivity (Wildman–Crippen MR) is 58.4 cm³/mol. The van der Waals surface area contributed by atoms with E-state index in [1.54, 1.807) is 14.1 Å². The quantitative estimate of drug-likeness (QED) is 0.683. The van der Waals surface area contributed by atoms with Crippen LogP contribution in [0.4, 0.5) is 0 Å². The van der Waals surface area contributed by atoms with Crippen LogP contribution in [0.25, 0.3) is 5.32 Å². The molecule has 0 aromatic carbocycles. The van der Waals surface area contributed by atoms with Gasteiger partial charge in [0.15, 0.2) is 0 Å². The molecule has 0 fully saturated rings. The van der Waals surface area contributed by atoms with E-state index in [0.29, 0.717) is 0 Å². The Hall–Kier alpha value is -0.0717. The average molecular weight is 364 g/mol. The van der Waals surface area contributed by atoms with Crippen LogP contribution in [0.5, 0.6) is 0 Å². The first-order chi connectivity index (χ1) is 6.08. The molecule has 0 spiro atoms. The maximum Gasteiger partial charge on any atom is 2.00 e. The predicted octanol–water partition coefficient (Wildman–Crippen LogP) is 2.85. The molecule has 0 saturated carbocycles. The van der Waals surface area contributed by atoms with Crippen LogP contribution < -0.4 is 0 Å². The van der Waals surface area contributed by atoms with Gasteiger partial charge in [0.1, 0.15) is 0 Å². The van der Waals surface area contributed by atoms with Gasteiger partial charge in [-0.15, -0.1) is 5.69 Å². The third-order valence-corrected chi connectivity index (χ3v) is 2.04. The van der Waals surface area contributed by atoms with Crippen molar-refractivity contribution in [3.05, 3.63) is 28.3 Å². The van der Waals surface area contributed by atoms with Crippen LogP contribution in [0, 0.1) is 26.8 Å². The molecule has 0 bridgehead atoms. The number of hydrogen-bond donors (Lipinski definition) is 0. The van der Waals surface area contributed by atoms with Gasteiger partial charge in [-0.3, -0.25) is 0 Å². The monoisotopic (exact) mass is 364 g/mol. The van der Waals surface area contributed by atoms with Crippen molar-refractivity contribution in [1.29, 1.82) is 0 Å². The summed E-state index contributed by atoms with van der Waals surface area (Å²) < 4.78 is 2.27. The second-order valence-electron chi connectivity index (χ2n) is 3.11. The van der Waals surface area contributed by atoms with E-state index < -0.39 is 0 Å². The van der Waals surface area contributed by atoms with Gasteiger partial charge in [-0.05, 0) is 13.8 Å². The van der Waals surface area contributed by atoms with Gasteiger partial charge in [0, 0.05) is 6.54 Å². The van der Waals surface area contributed by atoms with E-state index in [-0.39, 0.29) is 21.1 Å². The van der Waals surface area contributed by atoms with Crippen molar-refractivity contribution in [3.8, 4) is 0 Å². The minimum atomic E-state index is 0. The molecular weight excluding hydrogens is 344 g/mol. The van der Waals surface area contributed by atoms with Crippen molar-refractivity contribution in [2.75, 3.05) is 14.1 Å². The standard InChI is InChI=1S/C9H14N.C2H6N.W/c1-5-10-8(3)6-7(2)9(10)4;1-3-2;/h5H2,1-4H3;1-2H3;/q2*-1;+2. The van der Waals surface area contributed by atoms with Crippen molar-refractivity contribution in [2.45, 2.75) is 34.2 Å². The summed E-state index contributed by atoms with van der Waals surface area (Å²) in [7, 11) is 3.50. The fourth-order valence-corrected chi connectivity index (χ4v) is 1.36. The van der Waals surface area contributed by atoms with Gasteiger partial charge in [-0.25, -0.2) is 11.6 Å². The fourth-order valence-electron chi connectivity index (χ4n) is 1.36. The zero-order valence-electron chi connectivity index (χ0n) is 10.0. The Morgan fingerprint density at radius 1 is 1.21 bits per heavy atom. The molecule has 1 aromatic heterocycles. The second-order valence-corrected chi connectivity index (χ2v) is 3.11. The minimum Gasteiger partial charge on any atom is -0.668 e. The largest absolute Gasteiger partial charge is 2.00 e. The first-order valence-electron chi connectivity index (χ1n) is 4.61. The Morgan fingerprint density at radius 3 is 1.79 bits per heavy atom. The molecule has 0 unspecified atom stereocenters. The normalized spacial score (nSPS) is 8.71. The Labute approximate surface area is 102 Å². The summed E-state index contributed by atoms with van der Waals surface area (Å²) in [6.07, 6.45) is 0. The smallest absolute Gasteiger partial charge is 0.668 e. The Morgan fingerprint density at radius 2 is 1.64 bits per heavy atom. The molecule has 2 nitrogen and oxygen atoms in total. The average Bonchev–Trinajstić information content (AvgIpc) is 2.28. The SMILES string of the molecule is CCn1c(C)[c-]c(C)c1C.C[N-]C.[W+2]. The topological polar surface area (TPSA) is 19.0 Å². The van der Waals surface area contributed by atoms with Crippen molar-refractivity contribution >= 4 is 0 Å². The van der Waals surface area contributed by atoms with E-state index in [4.69, 9.17) is 0 Å². The Balaban J connectivity index is 0. The first kappa shape index (κ1) is 16.4. The number of hydrogen-bond acceptors (Lipinski definition) is 0. The number of rotatable bonds is 1. The molecule has 0 amide bonds. The van der Waals surface area contributed by atoms with Gasteiger partial charge < -0.3 is 9.88 Å². The third kappa shape index (κ3) is 4.43. The maximum absolute atomic E-state index is 3.50. The van der Waals surface area contributed by atoms with Crippen LogP contribution in [0.15, 0.2) is 0 Å². The number of nitrogens with zero attached hydrogens (tertiary/aromatic N) is 2. The van der Waals surface area contributed by atoms with Crippen LogP contribution in [-0.2, 0) is 27.6 Å². The molecule has 0 atom stereocenters. The fraction of sp³-hybridized carbons (Fsp3) is 0.636. The Kier molecular flexibility index (Phi) is 9.65. The van der Waals surface area contributed by atoms with Crippen LogP contribution >= 0.6 is 0 Å². The Bertz CT molecular complexity index is 254. The van der Waals surface area contributed by atoms with E-state index in [9.17, 15) is 0 Å². The summed E-state index contributed by atoms with van der Waals surface area (Å²) >= 11 is 0. The van der Waals surface area contributed by atoms with E-state index in [1.807, 2.05) is 0 Å². The first-order valence-corrected chi connectivity index (χ1v) is 4.61. The minimum absolute atomic E-state index is 0. The summed E-state index contributed by atoms with van der Waals surface area (Å²) in [5.41, 5.74) is 3.87. The molecule has 14 heavy (non-hydrogen) atoms. The molecule has 0 saturated heterocycles. The molecule has 0 N–H and O–H groups in total. The van der Waals surface area contributed by atoms with Gasteiger partial charge in [-0.1, -0.05) is 19.5 Å². The van der Waals surface area contributed by atoms with Crippen LogP contribution in [0.1, 0.15) is 23.9 Å². The van der Waals surface area contributed by atoms with Crippen molar-refractivity contribution in [3.63, 3.8) is 0 Å². The van der Waals surface area contributed by atoms with Gasteiger partial charge in [0.25, 0.3) is 0 Å². The number of aryl methyl sites for hydroxylation is 2. The van der Waals surface area contributed by atoms with Crippen LogP contribution in [-0.4, -0.2) is 18.7 Å². The van der Waals surface area contributed by atoms with E-state index in [2.05, 4.69) is 43.6 Å². The van der Waals surface area contributed by atoms with Crippen molar-refractivity contribution < 1.29 is 21.1 Å².